The van der Waals surface area contributed by atoms with E-state index in [0.29, 0.717) is 38.9 Å². The van der Waals surface area contributed by atoms with Gasteiger partial charge in [-0.3, -0.25) is 4.79 Å². The van der Waals surface area contributed by atoms with Crippen molar-refractivity contribution in [3.8, 4) is 0 Å². The van der Waals surface area contributed by atoms with Gasteiger partial charge >= 0.3 is 0 Å². The van der Waals surface area contributed by atoms with E-state index in [4.69, 9.17) is 0 Å². The van der Waals surface area contributed by atoms with Crippen molar-refractivity contribution in [1.29, 1.82) is 0 Å². The van der Waals surface area contributed by atoms with Crippen LogP contribution in [0.5, 0.6) is 0 Å². The van der Waals surface area contributed by atoms with Crippen molar-refractivity contribution in [2.45, 2.75) is 46.1 Å². The van der Waals surface area contributed by atoms with Crippen molar-refractivity contribution in [1.82, 2.24) is 9.62 Å². The van der Waals surface area contributed by atoms with Crippen molar-refractivity contribution in [3.05, 3.63) is 65.7 Å². The number of carbonyl (C=O) groups excluding carboxylic acids is 1. The molecule has 2 aromatic carbocycles. The van der Waals surface area contributed by atoms with Crippen LogP contribution < -0.4 is 10.2 Å². The van der Waals surface area contributed by atoms with Crippen LogP contribution in [0.15, 0.2) is 54.6 Å². The molecule has 180 valence electrons. The van der Waals surface area contributed by atoms with Crippen LogP contribution in [0.2, 0.25) is 0 Å². The summed E-state index contributed by atoms with van der Waals surface area (Å²) in [5.41, 5.74) is 3.41. The van der Waals surface area contributed by atoms with Gasteiger partial charge in [0.25, 0.3) is 0 Å². The molecule has 33 heavy (non-hydrogen) atoms. The summed E-state index contributed by atoms with van der Waals surface area (Å²) < 4.78 is 27.0. The Labute approximate surface area is 199 Å². The Morgan fingerprint density at radius 3 is 2.21 bits per heavy atom. The molecule has 0 aromatic heterocycles. The van der Waals surface area contributed by atoms with Crippen LogP contribution in [0.25, 0.3) is 0 Å². The highest BCUT2D eigenvalue weighted by Gasteiger charge is 2.30. The first-order chi connectivity index (χ1) is 15.9. The van der Waals surface area contributed by atoms with Crippen molar-refractivity contribution >= 4 is 21.6 Å². The molecule has 1 heterocycles. The predicted octanol–water partition coefficient (Wildman–Crippen LogP) is 3.82. The summed E-state index contributed by atoms with van der Waals surface area (Å²) in [7, 11) is -3.28. The van der Waals surface area contributed by atoms with Gasteiger partial charge in [0.15, 0.2) is 0 Å². The average molecular weight is 472 g/mol. The summed E-state index contributed by atoms with van der Waals surface area (Å²) in [6.07, 6.45) is 2.52. The van der Waals surface area contributed by atoms with Crippen LogP contribution in [0, 0.1) is 5.92 Å². The quantitative estimate of drug-likeness (QED) is 0.541. The SMILES string of the molecule is CCN(CC)c1ccc(CNC(=O)C2CCN(S(=O)(=O)CCCc3ccccc3)CC2)cc1. The molecule has 6 nitrogen and oxygen atoms in total. The smallest absolute Gasteiger partial charge is 0.223 e. The first kappa shape index (κ1) is 25.2. The number of aryl methyl sites for hydroxylation is 1. The first-order valence-corrected chi connectivity index (χ1v) is 13.7. The number of hydrogen-bond acceptors (Lipinski definition) is 4. The lowest BCUT2D eigenvalue weighted by Gasteiger charge is -2.30. The third-order valence-electron chi connectivity index (χ3n) is 6.46. The molecule has 0 unspecified atom stereocenters. The Balaban J connectivity index is 1.41. The second-order valence-electron chi connectivity index (χ2n) is 8.64. The van der Waals surface area contributed by atoms with Crippen LogP contribution in [0.4, 0.5) is 5.69 Å². The zero-order chi connectivity index (χ0) is 23.7. The van der Waals surface area contributed by atoms with E-state index in [-0.39, 0.29) is 17.6 Å². The minimum atomic E-state index is -3.28. The lowest BCUT2D eigenvalue weighted by atomic mass is 9.97. The molecule has 1 amide bonds. The molecular weight excluding hydrogens is 434 g/mol. The van der Waals surface area contributed by atoms with Crippen LogP contribution in [0.3, 0.4) is 0 Å². The average Bonchev–Trinajstić information content (AvgIpc) is 2.85. The van der Waals surface area contributed by atoms with Gasteiger partial charge in [-0.25, -0.2) is 12.7 Å². The van der Waals surface area contributed by atoms with E-state index in [2.05, 4.69) is 48.3 Å². The Morgan fingerprint density at radius 2 is 1.61 bits per heavy atom. The Bertz CT molecular complexity index is 966. The maximum Gasteiger partial charge on any atom is 0.223 e. The molecule has 1 fully saturated rings. The Hall–Kier alpha value is -2.38. The van der Waals surface area contributed by atoms with Gasteiger partial charge in [-0.15, -0.1) is 0 Å². The number of nitrogens with one attached hydrogen (secondary N) is 1. The lowest BCUT2D eigenvalue weighted by molar-refractivity contribution is -0.126. The van der Waals surface area contributed by atoms with Crippen LogP contribution >= 0.6 is 0 Å². The van der Waals surface area contributed by atoms with E-state index in [9.17, 15) is 13.2 Å². The minimum Gasteiger partial charge on any atom is -0.372 e. The highest BCUT2D eigenvalue weighted by molar-refractivity contribution is 7.89. The van der Waals surface area contributed by atoms with E-state index in [1.165, 1.54) is 5.69 Å². The topological polar surface area (TPSA) is 69.7 Å². The molecule has 0 radical (unpaired) electrons. The standard InChI is InChI=1S/C26H37N3O3S/c1-3-28(4-2)25-14-12-23(13-15-25)21-27-26(30)24-16-18-29(19-17-24)33(31,32)20-8-11-22-9-6-5-7-10-22/h5-7,9-10,12-15,24H,3-4,8,11,16-21H2,1-2H3,(H,27,30). The maximum atomic E-state index is 12.7. The lowest BCUT2D eigenvalue weighted by Crippen LogP contribution is -2.43. The van der Waals surface area contributed by atoms with Crippen molar-refractivity contribution in [2.24, 2.45) is 5.92 Å². The number of carbonyl (C=O) groups is 1. The number of hydrogen-bond donors (Lipinski definition) is 1. The van der Waals surface area contributed by atoms with Gasteiger partial charge in [0, 0.05) is 44.3 Å². The molecule has 1 saturated heterocycles. The fourth-order valence-electron chi connectivity index (χ4n) is 4.38. The molecule has 3 rings (SSSR count). The minimum absolute atomic E-state index is 0.0175. The fourth-order valence-corrected chi connectivity index (χ4v) is 5.91. The molecule has 0 aliphatic carbocycles. The third-order valence-corrected chi connectivity index (χ3v) is 8.42. The van der Waals surface area contributed by atoms with Crippen molar-refractivity contribution in [3.63, 3.8) is 0 Å². The number of sulfonamides is 1. The summed E-state index contributed by atoms with van der Waals surface area (Å²) >= 11 is 0. The molecule has 0 bridgehead atoms. The molecule has 7 heteroatoms. The van der Waals surface area contributed by atoms with E-state index >= 15 is 0 Å². The number of nitrogens with zero attached hydrogens (tertiary/aromatic N) is 2. The van der Waals surface area contributed by atoms with Crippen molar-refractivity contribution in [2.75, 3.05) is 36.8 Å². The summed E-state index contributed by atoms with van der Waals surface area (Å²) in [5.74, 6) is 0.0436. The number of piperidine rings is 1. The summed E-state index contributed by atoms with van der Waals surface area (Å²) in [4.78, 5) is 14.9. The van der Waals surface area contributed by atoms with Gasteiger partial charge in [0.1, 0.15) is 0 Å². The van der Waals surface area contributed by atoms with E-state index in [1.807, 2.05) is 30.3 Å². The molecule has 0 spiro atoms. The molecule has 1 aliphatic rings. The Kier molecular flexibility index (Phi) is 9.32. The van der Waals surface area contributed by atoms with Crippen LogP contribution in [-0.4, -0.2) is 50.6 Å². The zero-order valence-corrected chi connectivity index (χ0v) is 20.7. The van der Waals surface area contributed by atoms with Crippen LogP contribution in [0.1, 0.15) is 44.2 Å². The molecule has 0 saturated carbocycles. The Morgan fingerprint density at radius 1 is 0.970 bits per heavy atom. The molecule has 0 atom stereocenters. The fraction of sp³-hybridized carbons (Fsp3) is 0.500. The molecule has 1 N–H and O–H groups in total. The number of anilines is 1. The van der Waals surface area contributed by atoms with Gasteiger partial charge in [-0.2, -0.15) is 0 Å². The first-order valence-electron chi connectivity index (χ1n) is 12.1. The van der Waals surface area contributed by atoms with Gasteiger partial charge < -0.3 is 10.2 Å². The van der Waals surface area contributed by atoms with E-state index < -0.39 is 10.0 Å². The normalized spacial score (nSPS) is 15.3. The van der Waals surface area contributed by atoms with Gasteiger partial charge in [0.05, 0.1) is 5.75 Å². The van der Waals surface area contributed by atoms with Crippen molar-refractivity contribution < 1.29 is 13.2 Å². The monoisotopic (exact) mass is 471 g/mol. The maximum absolute atomic E-state index is 12.7. The molecular formula is C26H37N3O3S. The number of amides is 1. The van der Waals surface area contributed by atoms with Gasteiger partial charge in [-0.05, 0) is 62.8 Å². The highest BCUT2D eigenvalue weighted by atomic mass is 32.2. The second kappa shape index (κ2) is 12.2. The highest BCUT2D eigenvalue weighted by Crippen LogP contribution is 2.21. The molecule has 2 aromatic rings. The largest absolute Gasteiger partial charge is 0.372 e. The summed E-state index contributed by atoms with van der Waals surface area (Å²) in [6, 6.07) is 18.3. The number of rotatable bonds is 11. The second-order valence-corrected chi connectivity index (χ2v) is 10.7. The summed E-state index contributed by atoms with van der Waals surface area (Å²) in [6.45, 7) is 7.55. The summed E-state index contributed by atoms with van der Waals surface area (Å²) in [5, 5.41) is 3.03. The van der Waals surface area contributed by atoms with Gasteiger partial charge in [0.2, 0.25) is 15.9 Å². The van der Waals surface area contributed by atoms with E-state index in [0.717, 1.165) is 30.6 Å². The van der Waals surface area contributed by atoms with Crippen LogP contribution in [-0.2, 0) is 27.8 Å². The van der Waals surface area contributed by atoms with E-state index in [1.54, 1.807) is 4.31 Å². The number of benzene rings is 2. The van der Waals surface area contributed by atoms with Gasteiger partial charge in [-0.1, -0.05) is 42.5 Å². The molecule has 1 aliphatic heterocycles. The zero-order valence-electron chi connectivity index (χ0n) is 19.9. The third kappa shape index (κ3) is 7.30. The predicted molar refractivity (Wildman–Crippen MR) is 135 cm³/mol.